The highest BCUT2D eigenvalue weighted by atomic mass is 35.5. The van der Waals surface area contributed by atoms with Crippen molar-refractivity contribution < 1.29 is 9.59 Å². The molecule has 10 heteroatoms. The molecule has 0 radical (unpaired) electrons. The van der Waals surface area contributed by atoms with Gasteiger partial charge in [0.1, 0.15) is 0 Å². The highest BCUT2D eigenvalue weighted by Gasteiger charge is 2.18. The molecule has 144 valence electrons. The molecule has 0 spiro atoms. The van der Waals surface area contributed by atoms with Crippen LogP contribution >= 0.6 is 23.4 Å². The predicted octanol–water partition coefficient (Wildman–Crippen LogP) is 2.56. The summed E-state index contributed by atoms with van der Waals surface area (Å²) in [6.45, 7) is 0. The Kier molecular flexibility index (Phi) is 6.57. The third-order valence-corrected chi connectivity index (χ3v) is 5.58. The molecule has 1 aromatic heterocycles. The molecule has 0 saturated heterocycles. The average Bonchev–Trinajstić information content (AvgIpc) is 3.01. The Balaban J connectivity index is 1.52. The number of hydrogen-bond acceptors (Lipinski definition) is 6. The molecule has 3 rings (SSSR count). The first-order valence-corrected chi connectivity index (χ1v) is 10.1. The minimum atomic E-state index is -0.460. The number of carbonyl (C=O) groups excluding carboxylic acids is 2. The van der Waals surface area contributed by atoms with E-state index in [1.54, 1.807) is 18.2 Å². The van der Waals surface area contributed by atoms with Crippen molar-refractivity contribution in [1.29, 1.82) is 0 Å². The number of amides is 3. The lowest BCUT2D eigenvalue weighted by atomic mass is 9.96. The first kappa shape index (κ1) is 19.5. The molecule has 1 aliphatic rings. The van der Waals surface area contributed by atoms with Crippen LogP contribution in [0.4, 0.5) is 4.79 Å². The topological polar surface area (TPSA) is 115 Å². The Labute approximate surface area is 166 Å². The summed E-state index contributed by atoms with van der Waals surface area (Å²) in [5.41, 5.74) is 0.650. The Morgan fingerprint density at radius 1 is 1.22 bits per heavy atom. The number of nitrogens with two attached hydrogens (primary N) is 1. The van der Waals surface area contributed by atoms with Crippen LogP contribution < -0.4 is 16.5 Å². The van der Waals surface area contributed by atoms with Crippen molar-refractivity contribution in [2.45, 2.75) is 43.3 Å². The zero-order chi connectivity index (χ0) is 19.2. The van der Waals surface area contributed by atoms with Gasteiger partial charge in [-0.15, -0.1) is 10.2 Å². The van der Waals surface area contributed by atoms with Crippen molar-refractivity contribution in [3.8, 4) is 11.4 Å². The van der Waals surface area contributed by atoms with Gasteiger partial charge in [-0.2, -0.15) is 0 Å². The number of urea groups is 1. The summed E-state index contributed by atoms with van der Waals surface area (Å²) in [4.78, 5) is 23.9. The molecule has 1 aliphatic carbocycles. The van der Waals surface area contributed by atoms with E-state index in [0.29, 0.717) is 21.6 Å². The monoisotopic (exact) mass is 408 g/mol. The summed E-state index contributed by atoms with van der Waals surface area (Å²) in [6, 6.07) is 6.83. The van der Waals surface area contributed by atoms with Crippen molar-refractivity contribution in [3.63, 3.8) is 0 Å². The van der Waals surface area contributed by atoms with Crippen LogP contribution in [-0.2, 0) is 4.79 Å². The first-order valence-electron chi connectivity index (χ1n) is 8.73. The number of rotatable bonds is 5. The maximum atomic E-state index is 12.0. The van der Waals surface area contributed by atoms with Gasteiger partial charge >= 0.3 is 6.03 Å². The van der Waals surface area contributed by atoms with E-state index in [9.17, 15) is 9.59 Å². The van der Waals surface area contributed by atoms with Gasteiger partial charge in [-0.3, -0.25) is 10.1 Å². The molecule has 1 saturated carbocycles. The van der Waals surface area contributed by atoms with Gasteiger partial charge in [0.15, 0.2) is 5.82 Å². The molecule has 4 N–H and O–H groups in total. The highest BCUT2D eigenvalue weighted by molar-refractivity contribution is 7.99. The molecule has 3 amide bonds. The number of nitrogens with one attached hydrogen (secondary N) is 2. The number of nitrogens with zero attached hydrogens (tertiary/aromatic N) is 3. The Hall–Kier alpha value is -2.26. The zero-order valence-corrected chi connectivity index (χ0v) is 16.2. The third-order valence-electron chi connectivity index (χ3n) is 4.31. The van der Waals surface area contributed by atoms with Crippen LogP contribution in [-0.4, -0.2) is 38.6 Å². The molecule has 27 heavy (non-hydrogen) atoms. The molecule has 2 aromatic rings. The molecule has 1 heterocycles. The lowest BCUT2D eigenvalue weighted by Crippen LogP contribution is -2.45. The summed E-state index contributed by atoms with van der Waals surface area (Å²) in [7, 11) is 0. The Morgan fingerprint density at radius 3 is 2.70 bits per heavy atom. The Bertz CT molecular complexity index is 822. The van der Waals surface area contributed by atoms with Crippen LogP contribution in [0.25, 0.3) is 11.4 Å². The summed E-state index contributed by atoms with van der Waals surface area (Å²) in [5.74, 6) is 5.99. The van der Waals surface area contributed by atoms with Gasteiger partial charge < -0.3 is 11.2 Å². The van der Waals surface area contributed by atoms with Gasteiger partial charge in [-0.1, -0.05) is 54.8 Å². The summed E-state index contributed by atoms with van der Waals surface area (Å²) in [5, 5.41) is 14.1. The number of nitrogen functional groups attached to an aromatic ring is 1. The molecule has 1 aromatic carbocycles. The van der Waals surface area contributed by atoms with Crippen LogP contribution in [0.5, 0.6) is 0 Å². The van der Waals surface area contributed by atoms with Gasteiger partial charge in [-0.25, -0.2) is 9.47 Å². The molecule has 0 bridgehead atoms. The van der Waals surface area contributed by atoms with E-state index < -0.39 is 11.9 Å². The number of halogens is 1. The number of thioether (sulfide) groups is 1. The normalized spacial score (nSPS) is 14.7. The molecule has 0 aliphatic heterocycles. The second kappa shape index (κ2) is 9.09. The SMILES string of the molecule is Nn1c(SCC(=O)NC(=O)NC2CCCCC2)nnc1-c1ccccc1Cl. The fourth-order valence-electron chi connectivity index (χ4n) is 2.96. The van der Waals surface area contributed by atoms with E-state index in [2.05, 4.69) is 20.8 Å². The molecule has 8 nitrogen and oxygen atoms in total. The van der Waals surface area contributed by atoms with Crippen LogP contribution in [0, 0.1) is 0 Å². The minimum absolute atomic E-state index is 0.00403. The average molecular weight is 409 g/mol. The summed E-state index contributed by atoms with van der Waals surface area (Å²) < 4.78 is 1.28. The first-order chi connectivity index (χ1) is 13.0. The van der Waals surface area contributed by atoms with Gasteiger partial charge in [0.05, 0.1) is 10.8 Å². The number of imide groups is 1. The molecular weight excluding hydrogens is 388 g/mol. The maximum Gasteiger partial charge on any atom is 0.321 e. The molecule has 1 fully saturated rings. The van der Waals surface area contributed by atoms with Crippen LogP contribution in [0.1, 0.15) is 32.1 Å². The molecule has 0 unspecified atom stereocenters. The second-order valence-electron chi connectivity index (χ2n) is 6.30. The van der Waals surface area contributed by atoms with Crippen molar-refractivity contribution in [2.75, 3.05) is 11.6 Å². The van der Waals surface area contributed by atoms with Crippen LogP contribution in [0.3, 0.4) is 0 Å². The fraction of sp³-hybridized carbons (Fsp3) is 0.412. The van der Waals surface area contributed by atoms with Crippen LogP contribution in [0.15, 0.2) is 29.4 Å². The number of hydrogen-bond donors (Lipinski definition) is 3. The second-order valence-corrected chi connectivity index (χ2v) is 7.65. The number of aromatic nitrogens is 3. The van der Waals surface area contributed by atoms with Gasteiger partial charge in [0.2, 0.25) is 11.1 Å². The molecular formula is C17H21ClN6O2S. The van der Waals surface area contributed by atoms with E-state index in [-0.39, 0.29) is 11.8 Å². The standard InChI is InChI=1S/C17H21ClN6O2S/c18-13-9-5-4-8-12(13)15-22-23-17(24(15)19)27-10-14(25)21-16(26)20-11-6-2-1-3-7-11/h4-5,8-9,11H,1-3,6-7,10,19H2,(H2,20,21,25,26). The largest absolute Gasteiger partial charge is 0.335 e. The smallest absolute Gasteiger partial charge is 0.321 e. The zero-order valence-electron chi connectivity index (χ0n) is 14.7. The van der Waals surface area contributed by atoms with E-state index >= 15 is 0 Å². The van der Waals surface area contributed by atoms with Crippen molar-refractivity contribution in [1.82, 2.24) is 25.5 Å². The van der Waals surface area contributed by atoms with E-state index in [0.717, 1.165) is 37.4 Å². The lowest BCUT2D eigenvalue weighted by molar-refractivity contribution is -0.117. The van der Waals surface area contributed by atoms with Crippen LogP contribution in [0.2, 0.25) is 5.02 Å². The summed E-state index contributed by atoms with van der Waals surface area (Å²) in [6.07, 6.45) is 5.32. The fourth-order valence-corrected chi connectivity index (χ4v) is 3.84. The lowest BCUT2D eigenvalue weighted by Gasteiger charge is -2.22. The minimum Gasteiger partial charge on any atom is -0.335 e. The third kappa shape index (κ3) is 5.14. The van der Waals surface area contributed by atoms with Crippen molar-refractivity contribution >= 4 is 35.3 Å². The highest BCUT2D eigenvalue weighted by Crippen LogP contribution is 2.27. The number of carbonyl (C=O) groups is 2. The van der Waals surface area contributed by atoms with Gasteiger partial charge in [0, 0.05) is 11.6 Å². The quantitative estimate of drug-likeness (QED) is 0.517. The van der Waals surface area contributed by atoms with Gasteiger partial charge in [-0.05, 0) is 25.0 Å². The molecule has 0 atom stereocenters. The van der Waals surface area contributed by atoms with Crippen molar-refractivity contribution in [2.24, 2.45) is 0 Å². The Morgan fingerprint density at radius 2 is 1.96 bits per heavy atom. The number of benzene rings is 1. The van der Waals surface area contributed by atoms with E-state index in [1.807, 2.05) is 6.07 Å². The summed E-state index contributed by atoms with van der Waals surface area (Å²) >= 11 is 7.25. The predicted molar refractivity (Wildman–Crippen MR) is 105 cm³/mol. The van der Waals surface area contributed by atoms with E-state index in [4.69, 9.17) is 17.4 Å². The maximum absolute atomic E-state index is 12.0. The van der Waals surface area contributed by atoms with Gasteiger partial charge in [0.25, 0.3) is 0 Å². The van der Waals surface area contributed by atoms with Crippen molar-refractivity contribution in [3.05, 3.63) is 29.3 Å². The van der Waals surface area contributed by atoms with E-state index in [1.165, 1.54) is 11.1 Å².